The maximum atomic E-state index is 10.4. The number of hydrogen-bond donors (Lipinski definition) is 1. The molecule has 1 aromatic rings. The minimum Gasteiger partial charge on any atom is -0.335 e. The third-order valence-electron chi connectivity index (χ3n) is 1.83. The number of imidazole rings is 1. The van der Waals surface area contributed by atoms with Crippen molar-refractivity contribution in [2.45, 2.75) is 19.4 Å². The van der Waals surface area contributed by atoms with Crippen LogP contribution in [0.25, 0.3) is 0 Å². The van der Waals surface area contributed by atoms with Crippen LogP contribution >= 0.6 is 0 Å². The highest BCUT2D eigenvalue weighted by atomic mass is 32.2. The summed E-state index contributed by atoms with van der Waals surface area (Å²) < 4.78 is 31.2. The van der Waals surface area contributed by atoms with E-state index in [1.54, 1.807) is 23.3 Å². The lowest BCUT2D eigenvalue weighted by Crippen LogP contribution is -2.10. The molecule has 0 saturated heterocycles. The van der Waals surface area contributed by atoms with Crippen LogP contribution in [0, 0.1) is 0 Å². The van der Waals surface area contributed by atoms with Crippen LogP contribution in [-0.2, 0) is 10.1 Å². The van der Waals surface area contributed by atoms with Crippen molar-refractivity contribution in [1.82, 2.24) is 9.55 Å². The molecule has 0 fully saturated rings. The predicted octanol–water partition coefficient (Wildman–Crippen LogP) is 0.722. The molecule has 13 heavy (non-hydrogen) atoms. The first-order chi connectivity index (χ1) is 5.99. The van der Waals surface area contributed by atoms with Gasteiger partial charge >= 0.3 is 0 Å². The Morgan fingerprint density at radius 3 is 2.77 bits per heavy atom. The van der Waals surface area contributed by atoms with E-state index in [1.165, 1.54) is 0 Å². The van der Waals surface area contributed by atoms with Crippen molar-refractivity contribution < 1.29 is 13.0 Å². The van der Waals surface area contributed by atoms with Crippen molar-refractivity contribution in [3.8, 4) is 0 Å². The van der Waals surface area contributed by atoms with Crippen LogP contribution < -0.4 is 0 Å². The Morgan fingerprint density at radius 1 is 1.62 bits per heavy atom. The van der Waals surface area contributed by atoms with E-state index < -0.39 is 10.1 Å². The smallest absolute Gasteiger partial charge is 0.264 e. The van der Waals surface area contributed by atoms with Gasteiger partial charge in [0.05, 0.1) is 12.1 Å². The van der Waals surface area contributed by atoms with E-state index in [0.717, 1.165) is 0 Å². The van der Waals surface area contributed by atoms with Gasteiger partial charge in [0.15, 0.2) is 0 Å². The maximum Gasteiger partial charge on any atom is 0.264 e. The topological polar surface area (TPSA) is 72.2 Å². The Balaban J connectivity index is 2.48. The molecule has 1 aromatic heterocycles. The Kier molecular flexibility index (Phi) is 3.05. The molecular formula is C7H12N2O3S. The molecule has 0 aliphatic carbocycles. The van der Waals surface area contributed by atoms with E-state index in [9.17, 15) is 8.42 Å². The fourth-order valence-corrected chi connectivity index (χ4v) is 1.64. The molecule has 0 saturated carbocycles. The van der Waals surface area contributed by atoms with Crippen molar-refractivity contribution in [3.05, 3.63) is 18.7 Å². The maximum absolute atomic E-state index is 10.4. The predicted molar refractivity (Wildman–Crippen MR) is 48.0 cm³/mol. The summed E-state index contributed by atoms with van der Waals surface area (Å²) in [5.41, 5.74) is 0. The van der Waals surface area contributed by atoms with Crippen LogP contribution in [0.15, 0.2) is 18.7 Å². The van der Waals surface area contributed by atoms with Crippen LogP contribution in [0.3, 0.4) is 0 Å². The van der Waals surface area contributed by atoms with Crippen LogP contribution in [0.4, 0.5) is 0 Å². The number of rotatable bonds is 4. The van der Waals surface area contributed by atoms with E-state index in [1.807, 2.05) is 6.92 Å². The molecule has 0 spiro atoms. The molecule has 0 radical (unpaired) electrons. The Morgan fingerprint density at radius 2 is 2.31 bits per heavy atom. The molecule has 0 bridgehead atoms. The first-order valence-corrected chi connectivity index (χ1v) is 5.52. The van der Waals surface area contributed by atoms with E-state index in [0.29, 0.717) is 6.42 Å². The van der Waals surface area contributed by atoms with Gasteiger partial charge in [-0.1, -0.05) is 0 Å². The van der Waals surface area contributed by atoms with Gasteiger partial charge in [0.25, 0.3) is 10.1 Å². The van der Waals surface area contributed by atoms with E-state index in [2.05, 4.69) is 4.98 Å². The van der Waals surface area contributed by atoms with Crippen molar-refractivity contribution in [2.24, 2.45) is 0 Å². The molecule has 1 N–H and O–H groups in total. The van der Waals surface area contributed by atoms with Crippen LogP contribution in [0.2, 0.25) is 0 Å². The second kappa shape index (κ2) is 3.89. The first-order valence-electron chi connectivity index (χ1n) is 3.91. The molecule has 0 amide bonds. The Hall–Kier alpha value is -0.880. The minimum absolute atomic E-state index is 0.0319. The molecular weight excluding hydrogens is 192 g/mol. The average Bonchev–Trinajstić information content (AvgIpc) is 2.50. The monoisotopic (exact) mass is 204 g/mol. The lowest BCUT2D eigenvalue weighted by atomic mass is 10.2. The summed E-state index contributed by atoms with van der Waals surface area (Å²) in [6.45, 7) is 1.87. The van der Waals surface area contributed by atoms with Gasteiger partial charge in [-0.15, -0.1) is 0 Å². The van der Waals surface area contributed by atoms with Gasteiger partial charge in [-0.3, -0.25) is 4.55 Å². The van der Waals surface area contributed by atoms with Crippen LogP contribution in [0.5, 0.6) is 0 Å². The standard InChI is InChI=1S/C7H12N2O3S/c1-7(2-5-13(10,11)12)9-4-3-8-6-9/h3-4,6-7H,2,5H2,1H3,(H,10,11,12). The van der Waals surface area contributed by atoms with Crippen molar-refractivity contribution >= 4 is 10.1 Å². The SMILES string of the molecule is CC(CCS(=O)(=O)O)n1ccnc1. The quantitative estimate of drug-likeness (QED) is 0.733. The second-order valence-corrected chi connectivity index (χ2v) is 4.51. The molecule has 1 atom stereocenters. The molecule has 0 aromatic carbocycles. The molecule has 1 heterocycles. The second-order valence-electron chi connectivity index (χ2n) is 2.93. The largest absolute Gasteiger partial charge is 0.335 e. The third kappa shape index (κ3) is 3.56. The highest BCUT2D eigenvalue weighted by molar-refractivity contribution is 7.85. The van der Waals surface area contributed by atoms with Crippen LogP contribution in [-0.4, -0.2) is 28.3 Å². The van der Waals surface area contributed by atoms with Crippen molar-refractivity contribution in [3.63, 3.8) is 0 Å². The zero-order chi connectivity index (χ0) is 9.90. The van der Waals surface area contributed by atoms with Gasteiger partial charge in [-0.2, -0.15) is 8.42 Å². The normalized spacial score (nSPS) is 14.3. The van der Waals surface area contributed by atoms with Crippen LogP contribution in [0.1, 0.15) is 19.4 Å². The van der Waals surface area contributed by atoms with E-state index in [4.69, 9.17) is 4.55 Å². The summed E-state index contributed by atoms with van der Waals surface area (Å²) in [4.78, 5) is 3.84. The molecule has 6 heteroatoms. The van der Waals surface area contributed by atoms with E-state index in [-0.39, 0.29) is 11.8 Å². The highest BCUT2D eigenvalue weighted by Crippen LogP contribution is 2.10. The molecule has 1 unspecified atom stereocenters. The van der Waals surface area contributed by atoms with Gasteiger partial charge < -0.3 is 4.57 Å². The number of nitrogens with zero attached hydrogens (tertiary/aromatic N) is 2. The molecule has 5 nitrogen and oxygen atoms in total. The minimum atomic E-state index is -3.84. The molecule has 0 aliphatic rings. The van der Waals surface area contributed by atoms with Gasteiger partial charge in [0.1, 0.15) is 0 Å². The summed E-state index contributed by atoms with van der Waals surface area (Å²) >= 11 is 0. The molecule has 1 rings (SSSR count). The lowest BCUT2D eigenvalue weighted by molar-refractivity contribution is 0.465. The summed E-state index contributed by atoms with van der Waals surface area (Å²) in [5.74, 6) is -0.216. The first kappa shape index (κ1) is 10.2. The highest BCUT2D eigenvalue weighted by Gasteiger charge is 2.09. The van der Waals surface area contributed by atoms with Gasteiger partial charge in [-0.05, 0) is 13.3 Å². The fourth-order valence-electron chi connectivity index (χ4n) is 0.999. The fraction of sp³-hybridized carbons (Fsp3) is 0.571. The van der Waals surface area contributed by atoms with Crippen molar-refractivity contribution in [2.75, 3.05) is 5.75 Å². The summed E-state index contributed by atoms with van der Waals surface area (Å²) in [5, 5.41) is 0. The number of hydrogen-bond acceptors (Lipinski definition) is 3. The molecule has 0 aliphatic heterocycles. The summed E-state index contributed by atoms with van der Waals surface area (Å²) in [6.07, 6.45) is 5.39. The van der Waals surface area contributed by atoms with Gasteiger partial charge in [-0.25, -0.2) is 4.98 Å². The Labute approximate surface area is 77.2 Å². The van der Waals surface area contributed by atoms with E-state index >= 15 is 0 Å². The van der Waals surface area contributed by atoms with Gasteiger partial charge in [0.2, 0.25) is 0 Å². The molecule has 74 valence electrons. The summed E-state index contributed by atoms with van der Waals surface area (Å²) in [6, 6.07) is 0.0319. The summed E-state index contributed by atoms with van der Waals surface area (Å²) in [7, 11) is -3.84. The third-order valence-corrected chi connectivity index (χ3v) is 2.58. The van der Waals surface area contributed by atoms with Gasteiger partial charge in [0, 0.05) is 18.4 Å². The zero-order valence-corrected chi connectivity index (χ0v) is 8.11. The average molecular weight is 204 g/mol. The lowest BCUT2D eigenvalue weighted by Gasteiger charge is -2.10. The Bertz CT molecular complexity index is 344. The van der Waals surface area contributed by atoms with Crippen molar-refractivity contribution in [1.29, 1.82) is 0 Å². The zero-order valence-electron chi connectivity index (χ0n) is 7.29. The number of aromatic nitrogens is 2.